The zero-order valence-corrected chi connectivity index (χ0v) is 10.1. The molecule has 0 aliphatic heterocycles. The molecule has 0 radical (unpaired) electrons. The van der Waals surface area contributed by atoms with Crippen molar-refractivity contribution in [2.75, 3.05) is 13.7 Å². The molecular formula is C12H15N3O3. The SMILES string of the molecule is COC(=O)NCCCn1c(=O)[nH]c2ccccc21. The Kier molecular flexibility index (Phi) is 3.66. The second kappa shape index (κ2) is 5.39. The molecule has 1 amide bonds. The van der Waals surface area contributed by atoms with Crippen LogP contribution in [0.3, 0.4) is 0 Å². The summed E-state index contributed by atoms with van der Waals surface area (Å²) in [6.07, 6.45) is 0.206. The molecule has 0 atom stereocenters. The molecule has 0 aliphatic carbocycles. The largest absolute Gasteiger partial charge is 0.453 e. The lowest BCUT2D eigenvalue weighted by atomic mass is 10.3. The Balaban J connectivity index is 2.01. The average molecular weight is 249 g/mol. The van der Waals surface area contributed by atoms with Crippen LogP contribution in [0, 0.1) is 0 Å². The molecule has 1 heterocycles. The van der Waals surface area contributed by atoms with E-state index in [1.807, 2.05) is 24.3 Å². The van der Waals surface area contributed by atoms with Crippen LogP contribution in [0.1, 0.15) is 6.42 Å². The normalized spacial score (nSPS) is 10.5. The third kappa shape index (κ3) is 2.53. The first-order valence-corrected chi connectivity index (χ1v) is 5.71. The van der Waals surface area contributed by atoms with Crippen molar-refractivity contribution in [1.82, 2.24) is 14.9 Å². The van der Waals surface area contributed by atoms with Crippen LogP contribution in [0.5, 0.6) is 0 Å². The minimum atomic E-state index is -0.457. The minimum absolute atomic E-state index is 0.130. The predicted octanol–water partition coefficient (Wildman–Crippen LogP) is 1.08. The summed E-state index contributed by atoms with van der Waals surface area (Å²) in [5.41, 5.74) is 1.57. The number of H-pyrrole nitrogens is 1. The summed E-state index contributed by atoms with van der Waals surface area (Å²) >= 11 is 0. The number of fused-ring (bicyclic) bond motifs is 1. The molecule has 96 valence electrons. The summed E-state index contributed by atoms with van der Waals surface area (Å²) in [4.78, 5) is 25.3. The third-order valence-electron chi connectivity index (χ3n) is 2.69. The van der Waals surface area contributed by atoms with Gasteiger partial charge in [0.25, 0.3) is 0 Å². The van der Waals surface area contributed by atoms with Gasteiger partial charge in [-0.3, -0.25) is 4.57 Å². The van der Waals surface area contributed by atoms with Crippen LogP contribution in [0.4, 0.5) is 4.79 Å². The Morgan fingerprint density at radius 1 is 1.44 bits per heavy atom. The molecule has 0 saturated carbocycles. The molecule has 2 N–H and O–H groups in total. The van der Waals surface area contributed by atoms with Crippen LogP contribution in [0.15, 0.2) is 29.1 Å². The van der Waals surface area contributed by atoms with Gasteiger partial charge in [0.15, 0.2) is 0 Å². The molecule has 0 spiro atoms. The van der Waals surface area contributed by atoms with Gasteiger partial charge in [-0.1, -0.05) is 12.1 Å². The van der Waals surface area contributed by atoms with Crippen LogP contribution in [0.2, 0.25) is 0 Å². The molecule has 0 saturated heterocycles. The van der Waals surface area contributed by atoms with E-state index < -0.39 is 6.09 Å². The maximum absolute atomic E-state index is 11.7. The number of carbonyl (C=O) groups is 1. The van der Waals surface area contributed by atoms with Crippen LogP contribution in [0.25, 0.3) is 11.0 Å². The topological polar surface area (TPSA) is 76.1 Å². The molecule has 18 heavy (non-hydrogen) atoms. The first-order chi connectivity index (χ1) is 8.72. The first-order valence-electron chi connectivity index (χ1n) is 5.71. The van der Waals surface area contributed by atoms with Gasteiger partial charge < -0.3 is 15.0 Å². The Hall–Kier alpha value is -2.24. The third-order valence-corrected chi connectivity index (χ3v) is 2.69. The lowest BCUT2D eigenvalue weighted by Crippen LogP contribution is -2.26. The molecule has 1 aromatic carbocycles. The Morgan fingerprint density at radius 2 is 2.22 bits per heavy atom. The van der Waals surface area contributed by atoms with E-state index in [9.17, 15) is 9.59 Å². The predicted molar refractivity (Wildman–Crippen MR) is 67.6 cm³/mol. The standard InChI is InChI=1S/C12H15N3O3/c1-18-12(17)13-7-4-8-15-10-6-3-2-5-9(10)14-11(15)16/h2-3,5-6H,4,7-8H2,1H3,(H,13,17)(H,14,16). The molecule has 0 unspecified atom stereocenters. The lowest BCUT2D eigenvalue weighted by molar-refractivity contribution is 0.171. The molecule has 2 aromatic rings. The van der Waals surface area contributed by atoms with E-state index in [4.69, 9.17) is 0 Å². The molecule has 6 nitrogen and oxygen atoms in total. The van der Waals surface area contributed by atoms with Crippen molar-refractivity contribution in [3.05, 3.63) is 34.7 Å². The molecule has 0 aliphatic rings. The summed E-state index contributed by atoms with van der Waals surface area (Å²) in [5, 5.41) is 2.58. The van der Waals surface area contributed by atoms with E-state index >= 15 is 0 Å². The number of ether oxygens (including phenoxy) is 1. The number of rotatable bonds is 4. The van der Waals surface area contributed by atoms with Crippen molar-refractivity contribution in [3.63, 3.8) is 0 Å². The van der Waals surface area contributed by atoms with Crippen LogP contribution in [-0.4, -0.2) is 29.3 Å². The first kappa shape index (κ1) is 12.2. The number of para-hydroxylation sites is 2. The zero-order chi connectivity index (χ0) is 13.0. The second-order valence-corrected chi connectivity index (χ2v) is 3.87. The van der Waals surface area contributed by atoms with Crippen molar-refractivity contribution in [2.24, 2.45) is 0 Å². The summed E-state index contributed by atoms with van der Waals surface area (Å²) in [7, 11) is 1.32. The zero-order valence-electron chi connectivity index (χ0n) is 10.1. The number of amides is 1. The van der Waals surface area contributed by atoms with Crippen LogP contribution < -0.4 is 11.0 Å². The molecule has 0 fully saturated rings. The summed E-state index contributed by atoms with van der Waals surface area (Å²) in [5.74, 6) is 0. The highest BCUT2D eigenvalue weighted by Crippen LogP contribution is 2.08. The van der Waals surface area contributed by atoms with Crippen molar-refractivity contribution in [1.29, 1.82) is 0 Å². The molecular weight excluding hydrogens is 234 g/mol. The number of imidazole rings is 1. The number of aromatic amines is 1. The number of nitrogens with one attached hydrogen (secondary N) is 2. The lowest BCUT2D eigenvalue weighted by Gasteiger charge is -2.04. The van der Waals surface area contributed by atoms with Gasteiger partial charge in [0.2, 0.25) is 0 Å². The fourth-order valence-corrected chi connectivity index (χ4v) is 1.83. The number of nitrogens with zero attached hydrogens (tertiary/aromatic N) is 1. The van der Waals surface area contributed by atoms with Gasteiger partial charge in [-0.15, -0.1) is 0 Å². The van der Waals surface area contributed by atoms with E-state index in [2.05, 4.69) is 15.0 Å². The maximum atomic E-state index is 11.7. The molecule has 0 bridgehead atoms. The quantitative estimate of drug-likeness (QED) is 0.796. The van der Waals surface area contributed by atoms with Crippen molar-refractivity contribution in [2.45, 2.75) is 13.0 Å². The monoisotopic (exact) mass is 249 g/mol. The van der Waals surface area contributed by atoms with Crippen LogP contribution >= 0.6 is 0 Å². The number of hydrogen-bond acceptors (Lipinski definition) is 3. The Bertz CT molecular complexity index is 600. The van der Waals surface area contributed by atoms with Gasteiger partial charge >= 0.3 is 11.8 Å². The average Bonchev–Trinajstić information content (AvgIpc) is 2.70. The van der Waals surface area contributed by atoms with Crippen LogP contribution in [-0.2, 0) is 11.3 Å². The maximum Gasteiger partial charge on any atom is 0.406 e. The van der Waals surface area contributed by atoms with E-state index in [0.29, 0.717) is 19.5 Å². The number of methoxy groups -OCH3 is 1. The van der Waals surface area contributed by atoms with E-state index in [0.717, 1.165) is 11.0 Å². The van der Waals surface area contributed by atoms with E-state index in [-0.39, 0.29) is 5.69 Å². The fourth-order valence-electron chi connectivity index (χ4n) is 1.83. The van der Waals surface area contributed by atoms with Gasteiger partial charge in [-0.05, 0) is 18.6 Å². The molecule has 6 heteroatoms. The smallest absolute Gasteiger partial charge is 0.406 e. The second-order valence-electron chi connectivity index (χ2n) is 3.87. The summed E-state index contributed by atoms with van der Waals surface area (Å²) in [6.45, 7) is 1.02. The number of aromatic nitrogens is 2. The Labute approximate surface area is 104 Å². The number of benzene rings is 1. The fraction of sp³-hybridized carbons (Fsp3) is 0.333. The molecule has 1 aromatic heterocycles. The van der Waals surface area contributed by atoms with Gasteiger partial charge in [-0.25, -0.2) is 9.59 Å². The van der Waals surface area contributed by atoms with Gasteiger partial charge in [0.1, 0.15) is 0 Å². The minimum Gasteiger partial charge on any atom is -0.453 e. The number of aryl methyl sites for hydroxylation is 1. The number of carbonyl (C=O) groups excluding carboxylic acids is 1. The van der Waals surface area contributed by atoms with E-state index in [1.54, 1.807) is 4.57 Å². The van der Waals surface area contributed by atoms with Crippen molar-refractivity contribution in [3.8, 4) is 0 Å². The summed E-state index contributed by atoms with van der Waals surface area (Å²) < 4.78 is 6.12. The highest BCUT2D eigenvalue weighted by atomic mass is 16.5. The highest BCUT2D eigenvalue weighted by molar-refractivity contribution is 5.74. The van der Waals surface area contributed by atoms with E-state index in [1.165, 1.54) is 7.11 Å². The highest BCUT2D eigenvalue weighted by Gasteiger charge is 2.05. The summed E-state index contributed by atoms with van der Waals surface area (Å²) in [6, 6.07) is 7.52. The Morgan fingerprint density at radius 3 is 3.00 bits per heavy atom. The van der Waals surface area contributed by atoms with Gasteiger partial charge in [0.05, 0.1) is 18.1 Å². The molecule has 2 rings (SSSR count). The number of alkyl carbamates (subject to hydrolysis) is 1. The van der Waals surface area contributed by atoms with Gasteiger partial charge in [-0.2, -0.15) is 0 Å². The van der Waals surface area contributed by atoms with Gasteiger partial charge in [0, 0.05) is 13.1 Å². The van der Waals surface area contributed by atoms with Crippen molar-refractivity contribution < 1.29 is 9.53 Å². The van der Waals surface area contributed by atoms with Crippen molar-refractivity contribution >= 4 is 17.1 Å². The number of hydrogen-bond donors (Lipinski definition) is 2.